The Morgan fingerprint density at radius 1 is 1.10 bits per heavy atom. The molecule has 6 nitrogen and oxygen atoms in total. The number of fused-ring (bicyclic) bond motifs is 2. The van der Waals surface area contributed by atoms with E-state index >= 15 is 0 Å². The molecule has 0 fully saturated rings. The fourth-order valence-corrected chi connectivity index (χ4v) is 3.36. The lowest BCUT2D eigenvalue weighted by atomic mass is 10.0. The molecule has 1 aliphatic rings. The number of aromatic nitrogens is 1. The van der Waals surface area contributed by atoms with Gasteiger partial charge in [-0.2, -0.15) is 0 Å². The summed E-state index contributed by atoms with van der Waals surface area (Å²) >= 11 is 0. The summed E-state index contributed by atoms with van der Waals surface area (Å²) in [7, 11) is 2.64. The van der Waals surface area contributed by atoms with Crippen molar-refractivity contribution in [3.8, 4) is 0 Å². The predicted molar refractivity (Wildman–Crippen MR) is 123 cm³/mol. The van der Waals surface area contributed by atoms with E-state index < -0.39 is 0 Å². The maximum atomic E-state index is 12.4. The Morgan fingerprint density at radius 3 is 2.50 bits per heavy atom. The fraction of sp³-hybridized carbons (Fsp3) is 0.250. The zero-order chi connectivity index (χ0) is 22.1. The van der Waals surface area contributed by atoms with E-state index in [2.05, 4.69) is 15.2 Å². The minimum absolute atomic E-state index is 0.00628. The Balaban J connectivity index is 0.000000757. The lowest BCUT2D eigenvalue weighted by molar-refractivity contribution is -0.120. The molecule has 0 spiro atoms. The first-order valence-corrected chi connectivity index (χ1v) is 10.0. The van der Waals surface area contributed by atoms with Crippen LogP contribution in [0.2, 0.25) is 0 Å². The third kappa shape index (κ3) is 4.78. The van der Waals surface area contributed by atoms with Crippen molar-refractivity contribution in [2.75, 3.05) is 19.5 Å². The van der Waals surface area contributed by atoms with Gasteiger partial charge in [-0.15, -0.1) is 0 Å². The molecule has 3 aromatic rings. The van der Waals surface area contributed by atoms with Crippen LogP contribution in [0.1, 0.15) is 31.4 Å². The highest BCUT2D eigenvalue weighted by Gasteiger charge is 2.23. The highest BCUT2D eigenvalue weighted by Crippen LogP contribution is 2.34. The van der Waals surface area contributed by atoms with Crippen molar-refractivity contribution in [2.45, 2.75) is 26.8 Å². The van der Waals surface area contributed by atoms with Crippen molar-refractivity contribution >= 4 is 40.1 Å². The zero-order valence-corrected chi connectivity index (χ0v) is 17.9. The van der Waals surface area contributed by atoms with Crippen molar-refractivity contribution in [2.24, 2.45) is 0 Å². The molecule has 0 bridgehead atoms. The average molecular weight is 408 g/mol. The summed E-state index contributed by atoms with van der Waals surface area (Å²) in [6.07, 6.45) is 4.35. The van der Waals surface area contributed by atoms with Crippen LogP contribution in [0, 0.1) is 0 Å². The molecule has 0 saturated carbocycles. The van der Waals surface area contributed by atoms with E-state index in [4.69, 9.17) is 5.11 Å². The summed E-state index contributed by atoms with van der Waals surface area (Å²) < 4.78 is 2.07. The molecule has 3 N–H and O–H groups in total. The fourth-order valence-electron chi connectivity index (χ4n) is 3.36. The van der Waals surface area contributed by atoms with Gasteiger partial charge in [0.2, 0.25) is 5.91 Å². The number of aliphatic hydroxyl groups excluding tert-OH is 1. The number of para-hydroxylation sites is 2. The van der Waals surface area contributed by atoms with E-state index in [1.807, 2.05) is 74.7 Å². The molecule has 1 aliphatic heterocycles. The highest BCUT2D eigenvalue weighted by atomic mass is 16.2. The summed E-state index contributed by atoms with van der Waals surface area (Å²) in [4.78, 5) is 24.0. The number of anilines is 1. The average Bonchev–Trinajstić information content (AvgIpc) is 3.32. The lowest BCUT2D eigenvalue weighted by Gasteiger charge is -2.04. The normalized spacial score (nSPS) is 13.0. The smallest absolute Gasteiger partial charge is 0.256 e. The van der Waals surface area contributed by atoms with Gasteiger partial charge in [0.25, 0.3) is 5.91 Å². The number of carbonyl (C=O) groups is 2. The first-order valence-electron chi connectivity index (χ1n) is 10.0. The lowest BCUT2D eigenvalue weighted by Crippen LogP contribution is -2.19. The molecule has 2 aromatic carbocycles. The van der Waals surface area contributed by atoms with E-state index in [0.29, 0.717) is 18.5 Å². The number of hydrogen-bond acceptors (Lipinski definition) is 3. The number of nitrogens with zero attached hydrogens (tertiary/aromatic N) is 1. The summed E-state index contributed by atoms with van der Waals surface area (Å²) in [6.45, 7) is 4.59. The van der Waals surface area contributed by atoms with Crippen LogP contribution in [0.15, 0.2) is 54.7 Å². The molecule has 0 aliphatic carbocycles. The van der Waals surface area contributed by atoms with Crippen LogP contribution in [-0.2, 0) is 16.1 Å². The summed E-state index contributed by atoms with van der Waals surface area (Å²) in [5.41, 5.74) is 4.44. The van der Waals surface area contributed by atoms with Gasteiger partial charge in [0.15, 0.2) is 0 Å². The van der Waals surface area contributed by atoms with Crippen LogP contribution in [0.25, 0.3) is 22.6 Å². The van der Waals surface area contributed by atoms with E-state index in [9.17, 15) is 9.59 Å². The topological polar surface area (TPSA) is 83.4 Å². The van der Waals surface area contributed by atoms with Crippen LogP contribution >= 0.6 is 0 Å². The Morgan fingerprint density at radius 2 is 1.77 bits per heavy atom. The van der Waals surface area contributed by atoms with Crippen LogP contribution in [0.3, 0.4) is 0 Å². The van der Waals surface area contributed by atoms with Crippen molar-refractivity contribution < 1.29 is 14.7 Å². The summed E-state index contributed by atoms with van der Waals surface area (Å²) in [5, 5.41) is 13.6. The number of nitrogens with one attached hydrogen (secondary N) is 2. The molecule has 0 radical (unpaired) electrons. The Bertz CT molecular complexity index is 1050. The Hall–Kier alpha value is -3.38. The molecule has 158 valence electrons. The van der Waals surface area contributed by atoms with Gasteiger partial charge in [0, 0.05) is 66.6 Å². The number of rotatable bonds is 4. The van der Waals surface area contributed by atoms with Crippen LogP contribution < -0.4 is 10.6 Å². The molecule has 1 aromatic heterocycles. The highest BCUT2D eigenvalue weighted by molar-refractivity contribution is 6.35. The molecule has 30 heavy (non-hydrogen) atoms. The minimum Gasteiger partial charge on any atom is -0.400 e. The second-order valence-corrected chi connectivity index (χ2v) is 6.28. The van der Waals surface area contributed by atoms with Gasteiger partial charge < -0.3 is 20.3 Å². The Labute approximate surface area is 177 Å². The van der Waals surface area contributed by atoms with Crippen LogP contribution in [0.5, 0.6) is 0 Å². The van der Waals surface area contributed by atoms with Gasteiger partial charge in [0.05, 0.1) is 0 Å². The second kappa shape index (κ2) is 11.0. The standard InChI is InChI=1S/C21H19N3O2.C2H6.CH4O/c1-22-20(25)10-11-24-13-14(15-6-3-5-9-19(15)24)12-17-16-7-2-4-8-18(16)23-21(17)26;2*1-2/h2-9,12-13H,10-11H2,1H3,(H,22,25)(H,23,26);1-2H3;2H,1H3/b17-12-;;. The predicted octanol–water partition coefficient (Wildman–Crippen LogP) is 3.90. The molecule has 0 saturated heterocycles. The maximum Gasteiger partial charge on any atom is 0.256 e. The molecule has 6 heteroatoms. The monoisotopic (exact) mass is 407 g/mol. The van der Waals surface area contributed by atoms with Crippen molar-refractivity contribution in [1.82, 2.24) is 9.88 Å². The SMILES string of the molecule is CC.CNC(=O)CCn1cc(/C=C2\C(=O)Nc3ccccc32)c2ccccc21.CO. The number of amides is 2. The molecular formula is C24H29N3O3. The van der Waals surface area contributed by atoms with Crippen LogP contribution in [-0.4, -0.2) is 35.6 Å². The third-order valence-electron chi connectivity index (χ3n) is 4.69. The molecule has 4 rings (SSSR count). The maximum absolute atomic E-state index is 12.4. The zero-order valence-electron chi connectivity index (χ0n) is 17.9. The number of aryl methyl sites for hydroxylation is 1. The van der Waals surface area contributed by atoms with Gasteiger partial charge in [-0.05, 0) is 18.2 Å². The Kier molecular flexibility index (Phi) is 8.38. The van der Waals surface area contributed by atoms with Gasteiger partial charge in [-0.1, -0.05) is 50.2 Å². The molecule has 2 amide bonds. The largest absolute Gasteiger partial charge is 0.400 e. The number of hydrogen-bond donors (Lipinski definition) is 3. The van der Waals surface area contributed by atoms with Crippen molar-refractivity contribution in [3.05, 3.63) is 65.9 Å². The molecule has 0 atom stereocenters. The minimum atomic E-state index is -0.0895. The van der Waals surface area contributed by atoms with Crippen molar-refractivity contribution in [1.29, 1.82) is 0 Å². The van der Waals surface area contributed by atoms with Gasteiger partial charge in [-0.3, -0.25) is 9.59 Å². The summed E-state index contributed by atoms with van der Waals surface area (Å²) in [6, 6.07) is 15.7. The van der Waals surface area contributed by atoms with Crippen LogP contribution in [0.4, 0.5) is 5.69 Å². The quantitative estimate of drug-likeness (QED) is 0.574. The molecule has 2 heterocycles. The van der Waals surface area contributed by atoms with Gasteiger partial charge >= 0.3 is 0 Å². The second-order valence-electron chi connectivity index (χ2n) is 6.28. The number of carbonyl (C=O) groups excluding carboxylic acids is 2. The first-order chi connectivity index (χ1) is 14.7. The van der Waals surface area contributed by atoms with E-state index in [1.54, 1.807) is 7.05 Å². The van der Waals surface area contributed by atoms with Gasteiger partial charge in [0.1, 0.15) is 0 Å². The number of aliphatic hydroxyl groups is 1. The number of benzene rings is 2. The molecular weight excluding hydrogens is 378 g/mol. The summed E-state index contributed by atoms with van der Waals surface area (Å²) in [5.74, 6) is -0.0832. The van der Waals surface area contributed by atoms with E-state index in [0.717, 1.165) is 34.8 Å². The van der Waals surface area contributed by atoms with E-state index in [1.165, 1.54) is 0 Å². The first kappa shape index (κ1) is 22.9. The third-order valence-corrected chi connectivity index (χ3v) is 4.69. The van der Waals surface area contributed by atoms with Crippen molar-refractivity contribution in [3.63, 3.8) is 0 Å². The van der Waals surface area contributed by atoms with Gasteiger partial charge in [-0.25, -0.2) is 0 Å². The van der Waals surface area contributed by atoms with E-state index in [-0.39, 0.29) is 11.8 Å². The molecule has 0 unspecified atom stereocenters.